The topological polar surface area (TPSA) is 60.9 Å². The van der Waals surface area contributed by atoms with Gasteiger partial charge in [-0.25, -0.2) is 0 Å². The molecule has 0 spiro atoms. The highest BCUT2D eigenvalue weighted by molar-refractivity contribution is 5.77. The van der Waals surface area contributed by atoms with Crippen LogP contribution in [-0.4, -0.2) is 38.9 Å². The number of rotatable bonds is 6. The summed E-state index contributed by atoms with van der Waals surface area (Å²) in [5.74, 6) is 0. The van der Waals surface area contributed by atoms with Crippen molar-refractivity contribution in [3.63, 3.8) is 0 Å². The Morgan fingerprint density at radius 2 is 0.667 bits per heavy atom. The first kappa shape index (κ1) is 19.4. The molecule has 0 N–H and O–H groups in total. The van der Waals surface area contributed by atoms with Crippen molar-refractivity contribution in [1.82, 2.24) is 0 Å². The van der Waals surface area contributed by atoms with Crippen molar-refractivity contribution >= 4 is 35.9 Å². The SMILES string of the molecule is O=Cc1ccc(N2CN(c3ccc(C=O)cc3)CN(c3ccc(C=O)cc3)C2)cc1. The normalized spacial score (nSPS) is 13.8. The lowest BCUT2D eigenvalue weighted by molar-refractivity contribution is 0.111. The molecule has 30 heavy (non-hydrogen) atoms. The van der Waals surface area contributed by atoms with E-state index in [1.165, 1.54) is 0 Å². The Bertz CT molecular complexity index is 888. The zero-order chi connectivity index (χ0) is 20.9. The van der Waals surface area contributed by atoms with Crippen LogP contribution >= 0.6 is 0 Å². The molecule has 1 fully saturated rings. The van der Waals surface area contributed by atoms with Crippen molar-refractivity contribution in [2.75, 3.05) is 34.7 Å². The Labute approximate surface area is 174 Å². The highest BCUT2D eigenvalue weighted by atomic mass is 16.1. The van der Waals surface area contributed by atoms with Gasteiger partial charge in [0.1, 0.15) is 18.9 Å². The van der Waals surface area contributed by atoms with Gasteiger partial charge in [0.15, 0.2) is 0 Å². The molecule has 3 aromatic carbocycles. The second-order valence-corrected chi connectivity index (χ2v) is 7.17. The van der Waals surface area contributed by atoms with Crippen LogP contribution in [0.1, 0.15) is 31.1 Å². The summed E-state index contributed by atoms with van der Waals surface area (Å²) in [6.07, 6.45) is 2.51. The van der Waals surface area contributed by atoms with E-state index < -0.39 is 0 Å². The van der Waals surface area contributed by atoms with E-state index in [1.54, 1.807) is 0 Å². The van der Waals surface area contributed by atoms with E-state index in [9.17, 15) is 14.4 Å². The number of carbonyl (C=O) groups is 3. The molecule has 0 amide bonds. The first-order valence-corrected chi connectivity index (χ1v) is 9.61. The zero-order valence-corrected chi connectivity index (χ0v) is 16.3. The van der Waals surface area contributed by atoms with Crippen LogP contribution in [0.25, 0.3) is 0 Å². The summed E-state index contributed by atoms with van der Waals surface area (Å²) in [7, 11) is 0. The fraction of sp³-hybridized carbons (Fsp3) is 0.125. The summed E-state index contributed by atoms with van der Waals surface area (Å²) in [6, 6.07) is 22.5. The molecule has 0 bridgehead atoms. The van der Waals surface area contributed by atoms with Crippen molar-refractivity contribution < 1.29 is 14.4 Å². The Kier molecular flexibility index (Phi) is 5.57. The number of benzene rings is 3. The standard InChI is InChI=1S/C24H21N3O3/c28-13-19-1-7-22(8-2-19)25-16-26(23-9-3-20(14-29)4-10-23)18-27(17-25)24-11-5-21(15-30)6-12-24/h1-15H,16-18H2. The molecule has 1 heterocycles. The molecule has 3 aromatic rings. The monoisotopic (exact) mass is 399 g/mol. The third kappa shape index (κ3) is 4.07. The van der Waals surface area contributed by atoms with Crippen molar-refractivity contribution in [3.05, 3.63) is 89.5 Å². The summed E-state index contributed by atoms with van der Waals surface area (Å²) < 4.78 is 0. The largest absolute Gasteiger partial charge is 0.336 e. The van der Waals surface area contributed by atoms with Crippen molar-refractivity contribution in [2.24, 2.45) is 0 Å². The van der Waals surface area contributed by atoms with E-state index in [1.807, 2.05) is 72.8 Å². The summed E-state index contributed by atoms with van der Waals surface area (Å²) in [6.45, 7) is 1.97. The molecule has 0 radical (unpaired) electrons. The number of hydrogen-bond acceptors (Lipinski definition) is 6. The molecular formula is C24H21N3O3. The fourth-order valence-electron chi connectivity index (χ4n) is 3.53. The molecular weight excluding hydrogens is 378 g/mol. The van der Waals surface area contributed by atoms with Gasteiger partial charge in [-0.2, -0.15) is 0 Å². The van der Waals surface area contributed by atoms with E-state index in [0.29, 0.717) is 36.7 Å². The number of aldehydes is 3. The Hall–Kier alpha value is -3.93. The van der Waals surface area contributed by atoms with Gasteiger partial charge >= 0.3 is 0 Å². The molecule has 150 valence electrons. The highest BCUT2D eigenvalue weighted by Gasteiger charge is 2.24. The predicted octanol–water partition coefficient (Wildman–Crippen LogP) is 3.83. The van der Waals surface area contributed by atoms with Crippen LogP contribution in [0, 0.1) is 0 Å². The maximum Gasteiger partial charge on any atom is 0.150 e. The molecule has 0 saturated carbocycles. The van der Waals surface area contributed by atoms with E-state index in [2.05, 4.69) is 14.7 Å². The van der Waals surface area contributed by atoms with Crippen LogP contribution < -0.4 is 14.7 Å². The third-order valence-corrected chi connectivity index (χ3v) is 5.21. The second kappa shape index (κ2) is 8.61. The first-order valence-electron chi connectivity index (χ1n) is 9.61. The molecule has 6 heteroatoms. The predicted molar refractivity (Wildman–Crippen MR) is 118 cm³/mol. The summed E-state index contributed by atoms with van der Waals surface area (Å²) >= 11 is 0. The minimum Gasteiger partial charge on any atom is -0.336 e. The van der Waals surface area contributed by atoms with Crippen molar-refractivity contribution in [3.8, 4) is 0 Å². The van der Waals surface area contributed by atoms with E-state index in [0.717, 1.165) is 35.9 Å². The van der Waals surface area contributed by atoms with E-state index in [4.69, 9.17) is 0 Å². The molecule has 1 aliphatic heterocycles. The van der Waals surface area contributed by atoms with Gasteiger partial charge in [0.2, 0.25) is 0 Å². The summed E-state index contributed by atoms with van der Waals surface area (Å²) in [5, 5.41) is 0. The molecule has 6 nitrogen and oxygen atoms in total. The fourth-order valence-corrected chi connectivity index (χ4v) is 3.53. The lowest BCUT2D eigenvalue weighted by Crippen LogP contribution is -2.55. The summed E-state index contributed by atoms with van der Waals surface area (Å²) in [4.78, 5) is 39.6. The zero-order valence-electron chi connectivity index (χ0n) is 16.3. The maximum absolute atomic E-state index is 11.0. The van der Waals surface area contributed by atoms with Crippen molar-refractivity contribution in [2.45, 2.75) is 0 Å². The van der Waals surface area contributed by atoms with Gasteiger partial charge in [-0.3, -0.25) is 14.4 Å². The molecule has 1 aliphatic rings. The van der Waals surface area contributed by atoms with Crippen LogP contribution in [0.5, 0.6) is 0 Å². The Morgan fingerprint density at radius 3 is 0.867 bits per heavy atom. The first-order chi connectivity index (χ1) is 14.7. The molecule has 0 unspecified atom stereocenters. The average molecular weight is 399 g/mol. The maximum atomic E-state index is 11.0. The van der Waals surface area contributed by atoms with Crippen LogP contribution in [-0.2, 0) is 0 Å². The van der Waals surface area contributed by atoms with Crippen LogP contribution in [0.2, 0.25) is 0 Å². The smallest absolute Gasteiger partial charge is 0.150 e. The van der Waals surface area contributed by atoms with Gasteiger partial charge in [0.25, 0.3) is 0 Å². The van der Waals surface area contributed by atoms with Crippen LogP contribution in [0.15, 0.2) is 72.8 Å². The lowest BCUT2D eigenvalue weighted by atomic mass is 10.2. The van der Waals surface area contributed by atoms with Gasteiger partial charge in [-0.15, -0.1) is 0 Å². The van der Waals surface area contributed by atoms with Gasteiger partial charge < -0.3 is 14.7 Å². The molecule has 4 rings (SSSR count). The van der Waals surface area contributed by atoms with E-state index >= 15 is 0 Å². The quantitative estimate of drug-likeness (QED) is 0.587. The number of carbonyl (C=O) groups excluding carboxylic acids is 3. The average Bonchev–Trinajstić information content (AvgIpc) is 2.84. The molecule has 0 aromatic heterocycles. The Balaban J connectivity index is 1.65. The van der Waals surface area contributed by atoms with Gasteiger partial charge in [0, 0.05) is 33.8 Å². The van der Waals surface area contributed by atoms with E-state index in [-0.39, 0.29) is 0 Å². The number of hydrogen-bond donors (Lipinski definition) is 0. The Morgan fingerprint density at radius 1 is 0.433 bits per heavy atom. The third-order valence-electron chi connectivity index (χ3n) is 5.21. The molecule has 0 atom stereocenters. The highest BCUT2D eigenvalue weighted by Crippen LogP contribution is 2.27. The van der Waals surface area contributed by atoms with Crippen LogP contribution in [0.4, 0.5) is 17.1 Å². The number of nitrogens with zero attached hydrogens (tertiary/aromatic N) is 3. The van der Waals surface area contributed by atoms with Gasteiger partial charge in [-0.1, -0.05) is 0 Å². The molecule has 1 saturated heterocycles. The minimum atomic E-state index is 0.637. The number of anilines is 3. The second-order valence-electron chi connectivity index (χ2n) is 7.17. The minimum absolute atomic E-state index is 0.637. The van der Waals surface area contributed by atoms with Gasteiger partial charge in [0.05, 0.1) is 20.0 Å². The molecule has 0 aliphatic carbocycles. The summed E-state index contributed by atoms with van der Waals surface area (Å²) in [5.41, 5.74) is 4.92. The lowest BCUT2D eigenvalue weighted by Gasteiger charge is -2.45. The van der Waals surface area contributed by atoms with Crippen LogP contribution in [0.3, 0.4) is 0 Å². The van der Waals surface area contributed by atoms with Crippen molar-refractivity contribution in [1.29, 1.82) is 0 Å². The van der Waals surface area contributed by atoms with Gasteiger partial charge in [-0.05, 0) is 72.8 Å².